The monoisotopic (exact) mass is 489 g/mol. The Morgan fingerprint density at radius 3 is 2.43 bits per heavy atom. The van der Waals surface area contributed by atoms with Gasteiger partial charge in [-0.3, -0.25) is 4.79 Å². The number of carbonyl (C=O) groups excluding carboxylic acids is 1. The van der Waals surface area contributed by atoms with E-state index >= 15 is 0 Å². The van der Waals surface area contributed by atoms with Crippen molar-refractivity contribution >= 4 is 5.97 Å². The van der Waals surface area contributed by atoms with Crippen molar-refractivity contribution in [3.05, 3.63) is 10.4 Å². The van der Waals surface area contributed by atoms with Crippen molar-refractivity contribution in [3.8, 4) is 0 Å². The molecule has 1 N–H and O–H groups in total. The molecule has 6 nitrogen and oxygen atoms in total. The molecule has 0 unspecified atom stereocenters. The van der Waals surface area contributed by atoms with Gasteiger partial charge in [-0.05, 0) is 96.8 Å². The van der Waals surface area contributed by atoms with E-state index in [1.807, 2.05) is 0 Å². The summed E-state index contributed by atoms with van der Waals surface area (Å²) in [5.41, 5.74) is 9.53. The van der Waals surface area contributed by atoms with Crippen LogP contribution in [-0.2, 0) is 9.53 Å². The predicted molar refractivity (Wildman–Crippen MR) is 140 cm³/mol. The van der Waals surface area contributed by atoms with Gasteiger partial charge in [0.05, 0.1) is 12.7 Å². The molecular weight excluding hydrogens is 438 g/mol. The van der Waals surface area contributed by atoms with Crippen LogP contribution in [-0.4, -0.2) is 30.3 Å². The minimum Gasteiger partial charge on any atom is -0.466 e. The molecule has 3 saturated carbocycles. The van der Waals surface area contributed by atoms with E-state index in [-0.39, 0.29) is 23.4 Å². The molecule has 3 fully saturated rings. The third-order valence-electron chi connectivity index (χ3n) is 10.8. The van der Waals surface area contributed by atoms with Gasteiger partial charge in [0.15, 0.2) is 0 Å². The number of azide groups is 1. The Morgan fingerprint density at radius 2 is 1.77 bits per heavy atom. The summed E-state index contributed by atoms with van der Waals surface area (Å²) in [4.78, 5) is 14.8. The molecule has 0 saturated heterocycles. The van der Waals surface area contributed by atoms with Crippen LogP contribution in [0.1, 0.15) is 106 Å². The van der Waals surface area contributed by atoms with Crippen LogP contribution < -0.4 is 0 Å². The molecule has 0 bridgehead atoms. The van der Waals surface area contributed by atoms with E-state index in [9.17, 15) is 15.4 Å². The first kappa shape index (κ1) is 28.3. The first-order chi connectivity index (χ1) is 16.5. The van der Waals surface area contributed by atoms with Crippen molar-refractivity contribution in [2.45, 2.75) is 112 Å². The molecule has 3 aliphatic carbocycles. The van der Waals surface area contributed by atoms with Gasteiger partial charge in [-0.25, -0.2) is 0 Å². The number of aliphatic hydroxyl groups is 1. The minimum absolute atomic E-state index is 0.0212. The zero-order chi connectivity index (χ0) is 25.8. The maximum atomic E-state index is 11.6. The Kier molecular flexibility index (Phi) is 9.59. The molecule has 9 atom stereocenters. The molecule has 35 heavy (non-hydrogen) atoms. The predicted octanol–water partition coefficient (Wildman–Crippen LogP) is 7.55. The maximum Gasteiger partial charge on any atom is 0.302 e. The second-order valence-electron chi connectivity index (χ2n) is 13.3. The van der Waals surface area contributed by atoms with Gasteiger partial charge >= 0.3 is 5.97 Å². The Hall–Kier alpha value is -1.26. The largest absolute Gasteiger partial charge is 0.466 e. The molecule has 0 radical (unpaired) electrons. The quantitative estimate of drug-likeness (QED) is 0.148. The van der Waals surface area contributed by atoms with Crippen molar-refractivity contribution in [2.75, 3.05) is 13.2 Å². The van der Waals surface area contributed by atoms with Gasteiger partial charge in [-0.1, -0.05) is 59.0 Å². The fourth-order valence-corrected chi connectivity index (χ4v) is 8.88. The average molecular weight is 490 g/mol. The molecule has 6 heteroatoms. The average Bonchev–Trinajstić information content (AvgIpc) is 3.15. The summed E-state index contributed by atoms with van der Waals surface area (Å²) in [6.45, 7) is 14.4. The van der Waals surface area contributed by atoms with Crippen LogP contribution in [0.25, 0.3) is 10.4 Å². The second kappa shape index (κ2) is 11.9. The van der Waals surface area contributed by atoms with Gasteiger partial charge in [-0.2, -0.15) is 0 Å². The van der Waals surface area contributed by atoms with Gasteiger partial charge < -0.3 is 9.84 Å². The number of ether oxygens (including phenoxy) is 1. The molecule has 0 aliphatic heterocycles. The Labute approximate surface area is 213 Å². The van der Waals surface area contributed by atoms with Crippen LogP contribution in [0.2, 0.25) is 0 Å². The van der Waals surface area contributed by atoms with E-state index in [1.165, 1.54) is 45.4 Å². The fourth-order valence-electron chi connectivity index (χ4n) is 8.88. The molecule has 0 heterocycles. The van der Waals surface area contributed by atoms with Crippen LogP contribution in [0.5, 0.6) is 0 Å². The number of hydrogen-bond acceptors (Lipinski definition) is 4. The standard InChI is InChI=1S/C29H51N3O3/c1-19(2)8-7-9-20(3)25-10-11-26-24(17-31-32-30)27(13-15-29(25,26)6)28(5)14-12-23(34)16-22(28)18-35-21(4)33/h19-20,22-27,34H,7-18H2,1-6H3/t20-,22-,23+,24+,25-,26+,27+,28+,29-/m1/s1. The zero-order valence-electron chi connectivity index (χ0n) is 23.2. The number of nitrogens with zero attached hydrogens (tertiary/aromatic N) is 3. The normalized spacial score (nSPS) is 40.1. The Balaban J connectivity index is 1.84. The molecular formula is C29H51N3O3. The van der Waals surface area contributed by atoms with Gasteiger partial charge in [0.2, 0.25) is 0 Å². The first-order valence-electron chi connectivity index (χ1n) is 14.3. The number of hydrogen-bond donors (Lipinski definition) is 1. The highest BCUT2D eigenvalue weighted by Crippen LogP contribution is 2.65. The summed E-state index contributed by atoms with van der Waals surface area (Å²) in [6, 6.07) is 0. The lowest BCUT2D eigenvalue weighted by atomic mass is 9.48. The van der Waals surface area contributed by atoms with Crippen molar-refractivity contribution in [3.63, 3.8) is 0 Å². The molecule has 0 spiro atoms. The van der Waals surface area contributed by atoms with Crippen molar-refractivity contribution in [1.29, 1.82) is 0 Å². The molecule has 0 aromatic rings. The van der Waals surface area contributed by atoms with Gasteiger partial charge in [0.25, 0.3) is 0 Å². The highest BCUT2D eigenvalue weighted by Gasteiger charge is 2.58. The summed E-state index contributed by atoms with van der Waals surface area (Å²) in [7, 11) is 0. The van der Waals surface area contributed by atoms with Crippen LogP contribution >= 0.6 is 0 Å². The summed E-state index contributed by atoms with van der Waals surface area (Å²) in [6.07, 6.45) is 10.9. The van der Waals surface area contributed by atoms with Crippen LogP contribution in [0, 0.1) is 52.3 Å². The number of esters is 1. The summed E-state index contributed by atoms with van der Waals surface area (Å²) < 4.78 is 5.51. The SMILES string of the molecule is CC(=O)OC[C@H]1C[C@@H](O)CC[C@]1(C)[C@H]1CC[C@]2(C)[C@@H]([C@H](C)CCCC(C)C)CC[C@H]2[C@@H]1CN=[N+]=[N-]. The lowest BCUT2D eigenvalue weighted by Crippen LogP contribution is -2.53. The van der Waals surface area contributed by atoms with Crippen molar-refractivity contribution in [2.24, 2.45) is 57.4 Å². The van der Waals surface area contributed by atoms with E-state index in [0.717, 1.165) is 37.0 Å². The fraction of sp³-hybridized carbons (Fsp3) is 0.966. The molecule has 0 aromatic heterocycles. The molecule has 0 amide bonds. The summed E-state index contributed by atoms with van der Waals surface area (Å²) >= 11 is 0. The Morgan fingerprint density at radius 1 is 1.09 bits per heavy atom. The highest BCUT2D eigenvalue weighted by atomic mass is 16.5. The topological polar surface area (TPSA) is 95.3 Å². The van der Waals surface area contributed by atoms with Gasteiger partial charge in [0, 0.05) is 24.3 Å². The zero-order valence-corrected chi connectivity index (χ0v) is 23.2. The molecule has 0 aromatic carbocycles. The smallest absolute Gasteiger partial charge is 0.302 e. The van der Waals surface area contributed by atoms with E-state index < -0.39 is 0 Å². The van der Waals surface area contributed by atoms with Gasteiger partial charge in [-0.15, -0.1) is 0 Å². The van der Waals surface area contributed by atoms with E-state index in [0.29, 0.717) is 42.7 Å². The van der Waals surface area contributed by atoms with Crippen molar-refractivity contribution in [1.82, 2.24) is 0 Å². The van der Waals surface area contributed by atoms with E-state index in [1.54, 1.807) is 0 Å². The number of rotatable bonds is 10. The second-order valence-corrected chi connectivity index (χ2v) is 13.3. The Bertz CT molecular complexity index is 766. The lowest BCUT2D eigenvalue weighted by Gasteiger charge is -2.57. The lowest BCUT2D eigenvalue weighted by molar-refractivity contribution is -0.150. The number of carbonyl (C=O) groups is 1. The maximum absolute atomic E-state index is 11.6. The third-order valence-corrected chi connectivity index (χ3v) is 10.8. The molecule has 3 aliphatic rings. The first-order valence-corrected chi connectivity index (χ1v) is 14.3. The van der Waals surface area contributed by atoms with Crippen LogP contribution in [0.3, 0.4) is 0 Å². The van der Waals surface area contributed by atoms with Gasteiger partial charge in [0.1, 0.15) is 0 Å². The molecule has 200 valence electrons. The molecule has 3 rings (SSSR count). The highest BCUT2D eigenvalue weighted by molar-refractivity contribution is 5.65. The van der Waals surface area contributed by atoms with Crippen molar-refractivity contribution < 1.29 is 14.6 Å². The van der Waals surface area contributed by atoms with Crippen LogP contribution in [0.15, 0.2) is 5.11 Å². The number of aliphatic hydroxyl groups excluding tert-OH is 1. The minimum atomic E-state index is -0.324. The summed E-state index contributed by atoms with van der Waals surface area (Å²) in [5, 5.41) is 14.6. The van der Waals surface area contributed by atoms with E-state index in [2.05, 4.69) is 44.6 Å². The van der Waals surface area contributed by atoms with E-state index in [4.69, 9.17) is 4.74 Å². The van der Waals surface area contributed by atoms with Crippen LogP contribution in [0.4, 0.5) is 0 Å². The summed E-state index contributed by atoms with van der Waals surface area (Å²) in [5.74, 6) is 3.50. The number of fused-ring (bicyclic) bond motifs is 1. The third kappa shape index (κ3) is 6.18.